The van der Waals surface area contributed by atoms with E-state index < -0.39 is 0 Å². The van der Waals surface area contributed by atoms with Crippen molar-refractivity contribution in [3.05, 3.63) is 0 Å². The molecule has 3 heteroatoms. The van der Waals surface area contributed by atoms with Gasteiger partial charge in [0.1, 0.15) is 0 Å². The molecule has 0 rings (SSSR count). The molecule has 0 radical (unpaired) electrons. The number of carbonyl (C=O) groups excluding carboxylic acids is 1. The van der Waals surface area contributed by atoms with Gasteiger partial charge in [-0.2, -0.15) is 0 Å². The van der Waals surface area contributed by atoms with Crippen molar-refractivity contribution in [2.75, 3.05) is 7.11 Å². The summed E-state index contributed by atoms with van der Waals surface area (Å²) in [6.45, 7) is 3.53. The highest BCUT2D eigenvalue weighted by molar-refractivity contribution is 5.72. The Morgan fingerprint density at radius 3 is 2.11 bits per heavy atom. The van der Waals surface area contributed by atoms with Crippen molar-refractivity contribution in [3.8, 4) is 0 Å². The van der Waals surface area contributed by atoms with Crippen LogP contribution in [-0.2, 0) is 9.53 Å². The van der Waals surface area contributed by atoms with Gasteiger partial charge in [0, 0.05) is 6.04 Å². The van der Waals surface area contributed by atoms with Crippen LogP contribution in [-0.4, -0.2) is 19.1 Å². The molecule has 0 heterocycles. The van der Waals surface area contributed by atoms with Gasteiger partial charge in [0.15, 0.2) is 0 Å². The summed E-state index contributed by atoms with van der Waals surface area (Å²) in [5.74, 6) is -0.444. The smallest absolute Gasteiger partial charge is 0.309 e. The van der Waals surface area contributed by atoms with Gasteiger partial charge >= 0.3 is 5.97 Å². The van der Waals surface area contributed by atoms with Crippen molar-refractivity contribution in [1.29, 1.82) is 0 Å². The van der Waals surface area contributed by atoms with E-state index in [9.17, 15) is 4.79 Å². The van der Waals surface area contributed by atoms with E-state index in [0.29, 0.717) is 0 Å². The molecule has 0 fully saturated rings. The summed E-state index contributed by atoms with van der Waals surface area (Å²) in [4.78, 5) is 10.7. The Labute approximate surface area is 55.2 Å². The van der Waals surface area contributed by atoms with Crippen LogP contribution in [0.3, 0.4) is 0 Å². The molecule has 2 atom stereocenters. The standard InChI is InChI=1S/C6H13NO2/c1-4(5(2)7)6(8)9-3/h4-5H,7H2,1-3H3/t4-,5-/m1/s1. The molecule has 0 saturated heterocycles. The second kappa shape index (κ2) is 3.45. The molecule has 0 aromatic heterocycles. The van der Waals surface area contributed by atoms with Crippen LogP contribution in [0.15, 0.2) is 0 Å². The third kappa shape index (κ3) is 2.46. The van der Waals surface area contributed by atoms with Crippen LogP contribution in [0.1, 0.15) is 13.8 Å². The van der Waals surface area contributed by atoms with Crippen molar-refractivity contribution >= 4 is 5.97 Å². The van der Waals surface area contributed by atoms with Crippen molar-refractivity contribution in [2.45, 2.75) is 19.9 Å². The summed E-state index contributed by atoms with van der Waals surface area (Å²) in [5, 5.41) is 0. The molecule has 0 spiro atoms. The summed E-state index contributed by atoms with van der Waals surface area (Å²) in [5.41, 5.74) is 5.41. The fourth-order valence-electron chi connectivity index (χ4n) is 0.401. The van der Waals surface area contributed by atoms with Crippen molar-refractivity contribution in [2.24, 2.45) is 11.7 Å². The molecule has 0 bridgehead atoms. The number of esters is 1. The molecule has 9 heavy (non-hydrogen) atoms. The quantitative estimate of drug-likeness (QED) is 0.542. The zero-order valence-electron chi connectivity index (χ0n) is 6.05. The molecule has 0 aliphatic carbocycles. The number of hydrogen-bond acceptors (Lipinski definition) is 3. The number of carbonyl (C=O) groups is 1. The highest BCUT2D eigenvalue weighted by Crippen LogP contribution is 2.00. The van der Waals surface area contributed by atoms with E-state index in [2.05, 4.69) is 4.74 Å². The van der Waals surface area contributed by atoms with Gasteiger partial charge in [-0.15, -0.1) is 0 Å². The number of rotatable bonds is 2. The van der Waals surface area contributed by atoms with E-state index >= 15 is 0 Å². The molecular formula is C6H13NO2. The lowest BCUT2D eigenvalue weighted by Crippen LogP contribution is -2.31. The predicted molar refractivity (Wildman–Crippen MR) is 34.8 cm³/mol. The fourth-order valence-corrected chi connectivity index (χ4v) is 0.401. The lowest BCUT2D eigenvalue weighted by Gasteiger charge is -2.11. The first kappa shape index (κ1) is 8.43. The normalized spacial score (nSPS) is 16.4. The highest BCUT2D eigenvalue weighted by atomic mass is 16.5. The Kier molecular flexibility index (Phi) is 3.24. The molecule has 54 valence electrons. The van der Waals surface area contributed by atoms with E-state index in [0.717, 1.165) is 0 Å². The first-order valence-corrected chi connectivity index (χ1v) is 2.93. The van der Waals surface area contributed by atoms with Gasteiger partial charge in [0.05, 0.1) is 13.0 Å². The summed E-state index contributed by atoms with van der Waals surface area (Å²) >= 11 is 0. The minimum atomic E-state index is -0.245. The average molecular weight is 131 g/mol. The molecule has 2 N–H and O–H groups in total. The van der Waals surface area contributed by atoms with Crippen LogP contribution >= 0.6 is 0 Å². The third-order valence-electron chi connectivity index (χ3n) is 1.36. The number of methoxy groups -OCH3 is 1. The van der Waals surface area contributed by atoms with E-state index in [4.69, 9.17) is 5.73 Å². The molecule has 3 nitrogen and oxygen atoms in total. The molecule has 0 unspecified atom stereocenters. The van der Waals surface area contributed by atoms with Crippen molar-refractivity contribution in [3.63, 3.8) is 0 Å². The Balaban J connectivity index is 3.72. The Morgan fingerprint density at radius 2 is 2.00 bits per heavy atom. The van der Waals surface area contributed by atoms with Crippen LogP contribution in [0.25, 0.3) is 0 Å². The van der Waals surface area contributed by atoms with Crippen molar-refractivity contribution < 1.29 is 9.53 Å². The minimum Gasteiger partial charge on any atom is -0.469 e. The Hall–Kier alpha value is -0.570. The maximum Gasteiger partial charge on any atom is 0.309 e. The SMILES string of the molecule is COC(=O)[C@H](C)[C@@H](C)N. The van der Waals surface area contributed by atoms with Crippen LogP contribution in [0.2, 0.25) is 0 Å². The predicted octanol–water partition coefficient (Wildman–Crippen LogP) is 0.143. The molecule has 0 aromatic carbocycles. The van der Waals surface area contributed by atoms with Crippen molar-refractivity contribution in [1.82, 2.24) is 0 Å². The summed E-state index contributed by atoms with van der Waals surface area (Å²) in [7, 11) is 1.36. The lowest BCUT2D eigenvalue weighted by atomic mass is 10.1. The highest BCUT2D eigenvalue weighted by Gasteiger charge is 2.16. The summed E-state index contributed by atoms with van der Waals surface area (Å²) in [6, 6.07) is -0.127. The minimum absolute atomic E-state index is 0.127. The van der Waals surface area contributed by atoms with Gasteiger partial charge < -0.3 is 10.5 Å². The second-order valence-electron chi connectivity index (χ2n) is 2.17. The van der Waals surface area contributed by atoms with E-state index in [1.54, 1.807) is 13.8 Å². The number of ether oxygens (including phenoxy) is 1. The first-order valence-electron chi connectivity index (χ1n) is 2.93. The molecule has 0 amide bonds. The van der Waals surface area contributed by atoms with E-state index in [1.807, 2.05) is 0 Å². The third-order valence-corrected chi connectivity index (χ3v) is 1.36. The molecule has 0 aromatic rings. The molecule has 0 aliphatic heterocycles. The zero-order valence-corrected chi connectivity index (χ0v) is 6.05. The summed E-state index contributed by atoms with van der Waals surface area (Å²) in [6.07, 6.45) is 0. The van der Waals surface area contributed by atoms with Crippen LogP contribution in [0.5, 0.6) is 0 Å². The van der Waals surface area contributed by atoms with Crippen LogP contribution in [0.4, 0.5) is 0 Å². The molecular weight excluding hydrogens is 118 g/mol. The fraction of sp³-hybridized carbons (Fsp3) is 0.833. The number of nitrogens with two attached hydrogens (primary N) is 1. The summed E-state index contributed by atoms with van der Waals surface area (Å²) < 4.78 is 4.45. The largest absolute Gasteiger partial charge is 0.469 e. The molecule has 0 aliphatic rings. The first-order chi connectivity index (χ1) is 4.09. The Bertz CT molecular complexity index is 101. The monoisotopic (exact) mass is 131 g/mol. The maximum absolute atomic E-state index is 10.7. The van der Waals surface area contributed by atoms with Crippen LogP contribution in [0, 0.1) is 5.92 Å². The molecule has 0 saturated carbocycles. The topological polar surface area (TPSA) is 52.3 Å². The van der Waals surface area contributed by atoms with Gasteiger partial charge in [-0.1, -0.05) is 6.92 Å². The Morgan fingerprint density at radius 1 is 1.56 bits per heavy atom. The van der Waals surface area contributed by atoms with Gasteiger partial charge in [-0.05, 0) is 6.92 Å². The lowest BCUT2D eigenvalue weighted by molar-refractivity contribution is -0.145. The van der Waals surface area contributed by atoms with Crippen LogP contribution < -0.4 is 5.73 Å². The zero-order chi connectivity index (χ0) is 7.44. The van der Waals surface area contributed by atoms with Gasteiger partial charge in [0.2, 0.25) is 0 Å². The number of hydrogen-bond donors (Lipinski definition) is 1. The van der Waals surface area contributed by atoms with E-state index in [-0.39, 0.29) is 17.9 Å². The van der Waals surface area contributed by atoms with E-state index in [1.165, 1.54) is 7.11 Å². The van der Waals surface area contributed by atoms with Gasteiger partial charge in [0.25, 0.3) is 0 Å². The average Bonchev–Trinajstić information content (AvgIpc) is 1.84. The maximum atomic E-state index is 10.7. The second-order valence-corrected chi connectivity index (χ2v) is 2.17. The van der Waals surface area contributed by atoms with Gasteiger partial charge in [-0.25, -0.2) is 0 Å². The van der Waals surface area contributed by atoms with Gasteiger partial charge in [-0.3, -0.25) is 4.79 Å².